The third kappa shape index (κ3) is 7.35. The molecule has 0 aromatic heterocycles. The Bertz CT molecular complexity index is 446. The molecule has 160 valence electrons. The highest BCUT2D eigenvalue weighted by Crippen LogP contribution is 2.46. The lowest BCUT2D eigenvalue weighted by atomic mass is 9.75. The van der Waals surface area contributed by atoms with Gasteiger partial charge in [0.05, 0.1) is 0 Å². The van der Waals surface area contributed by atoms with E-state index in [9.17, 15) is 0 Å². The second kappa shape index (κ2) is 9.16. The highest BCUT2D eigenvalue weighted by Gasteiger charge is 2.39. The van der Waals surface area contributed by atoms with Crippen LogP contribution in [0.3, 0.4) is 0 Å². The van der Waals surface area contributed by atoms with Crippen molar-refractivity contribution in [2.24, 2.45) is 28.6 Å². The maximum absolute atomic E-state index is 2.56. The summed E-state index contributed by atoms with van der Waals surface area (Å²) in [5, 5.41) is 0. The van der Waals surface area contributed by atoms with Gasteiger partial charge in [0.25, 0.3) is 0 Å². The van der Waals surface area contributed by atoms with Gasteiger partial charge in [0.15, 0.2) is 0 Å². The molecule has 27 heavy (non-hydrogen) atoms. The van der Waals surface area contributed by atoms with Gasteiger partial charge in [-0.2, -0.15) is 0 Å². The van der Waals surface area contributed by atoms with Gasteiger partial charge in [-0.3, -0.25) is 0 Å². The first kappa shape index (κ1) is 23.2. The lowest BCUT2D eigenvalue weighted by molar-refractivity contribution is 0.195. The summed E-state index contributed by atoms with van der Waals surface area (Å²) in [6.07, 6.45) is 12.8. The van der Waals surface area contributed by atoms with Crippen molar-refractivity contribution in [1.29, 1.82) is 0 Å². The molecule has 0 amide bonds. The van der Waals surface area contributed by atoms with Crippen molar-refractivity contribution < 1.29 is 0 Å². The molecule has 0 bridgehead atoms. The van der Waals surface area contributed by atoms with Crippen molar-refractivity contribution in [2.75, 3.05) is 28.2 Å². The normalized spacial score (nSPS) is 32.8. The zero-order chi connectivity index (χ0) is 20.4. The molecule has 5 atom stereocenters. The van der Waals surface area contributed by atoms with Crippen LogP contribution in [0.25, 0.3) is 0 Å². The Balaban J connectivity index is 1.88. The summed E-state index contributed by atoms with van der Waals surface area (Å²) in [5.41, 5.74) is 0.978. The number of hydrogen-bond donors (Lipinski definition) is 0. The monoisotopic (exact) mass is 378 g/mol. The fraction of sp³-hybridized carbons (Fsp3) is 1.00. The topological polar surface area (TPSA) is 6.48 Å². The predicted molar refractivity (Wildman–Crippen MR) is 120 cm³/mol. The molecular weight excluding hydrogens is 328 g/mol. The largest absolute Gasteiger partial charge is 0.306 e. The van der Waals surface area contributed by atoms with E-state index >= 15 is 0 Å². The maximum Gasteiger partial charge on any atom is 0.0120 e. The summed E-state index contributed by atoms with van der Waals surface area (Å²) in [5.74, 6) is 2.79. The standard InChI is InChI=1S/C25H50N2/c1-24(2,3)13-12-21-14-20(16-23(21)27(8)9)18-25(4,5)17-19-10-11-22(15-19)26(6)7/h19-23H,10-18H2,1-9H3/t19-,20?,21?,22+,23?/m1/s1. The van der Waals surface area contributed by atoms with E-state index < -0.39 is 0 Å². The summed E-state index contributed by atoms with van der Waals surface area (Å²) < 4.78 is 0. The Morgan fingerprint density at radius 3 is 1.89 bits per heavy atom. The van der Waals surface area contributed by atoms with E-state index in [4.69, 9.17) is 0 Å². The fourth-order valence-corrected chi connectivity index (χ4v) is 6.29. The average molecular weight is 379 g/mol. The van der Waals surface area contributed by atoms with Gasteiger partial charge in [0, 0.05) is 12.1 Å². The molecule has 2 nitrogen and oxygen atoms in total. The molecule has 0 aromatic carbocycles. The zero-order valence-electron chi connectivity index (χ0n) is 20.1. The van der Waals surface area contributed by atoms with Crippen molar-refractivity contribution in [3.63, 3.8) is 0 Å². The molecule has 2 heteroatoms. The Hall–Kier alpha value is -0.0800. The summed E-state index contributed by atoms with van der Waals surface area (Å²) in [6, 6.07) is 1.63. The van der Waals surface area contributed by atoms with Gasteiger partial charge in [0.1, 0.15) is 0 Å². The molecule has 2 fully saturated rings. The van der Waals surface area contributed by atoms with Crippen molar-refractivity contribution in [1.82, 2.24) is 9.80 Å². The molecule has 0 aliphatic heterocycles. The van der Waals surface area contributed by atoms with Crippen LogP contribution >= 0.6 is 0 Å². The predicted octanol–water partition coefficient (Wildman–Crippen LogP) is 6.31. The summed E-state index contributed by atoms with van der Waals surface area (Å²) in [7, 11) is 9.13. The SMILES string of the molecule is CN(C)C1CC(CC(C)(C)C[C@@H]2CC[C@H](N(C)C)C2)CC1CCC(C)(C)C. The molecule has 0 radical (unpaired) electrons. The van der Waals surface area contributed by atoms with Gasteiger partial charge in [-0.1, -0.05) is 34.6 Å². The second-order valence-electron chi connectivity index (χ2n) is 12.6. The molecule has 2 rings (SSSR count). The van der Waals surface area contributed by atoms with E-state index in [0.29, 0.717) is 10.8 Å². The highest BCUT2D eigenvalue weighted by atomic mass is 15.1. The van der Waals surface area contributed by atoms with E-state index in [1.807, 2.05) is 0 Å². The van der Waals surface area contributed by atoms with Crippen LogP contribution in [0.4, 0.5) is 0 Å². The lowest BCUT2D eigenvalue weighted by Gasteiger charge is -2.31. The quantitative estimate of drug-likeness (QED) is 0.488. The lowest BCUT2D eigenvalue weighted by Crippen LogP contribution is -2.32. The van der Waals surface area contributed by atoms with Gasteiger partial charge >= 0.3 is 0 Å². The van der Waals surface area contributed by atoms with Gasteiger partial charge in [-0.05, 0) is 115 Å². The van der Waals surface area contributed by atoms with Crippen LogP contribution in [0.5, 0.6) is 0 Å². The van der Waals surface area contributed by atoms with Gasteiger partial charge in [-0.15, -0.1) is 0 Å². The van der Waals surface area contributed by atoms with Crippen LogP contribution < -0.4 is 0 Å². The fourth-order valence-electron chi connectivity index (χ4n) is 6.29. The third-order valence-corrected chi connectivity index (χ3v) is 7.61. The minimum atomic E-state index is 0.472. The first-order valence-electron chi connectivity index (χ1n) is 11.7. The Labute approximate surface area is 171 Å². The maximum atomic E-state index is 2.56. The first-order valence-corrected chi connectivity index (χ1v) is 11.7. The average Bonchev–Trinajstić information content (AvgIpc) is 3.10. The number of rotatable bonds is 8. The van der Waals surface area contributed by atoms with Crippen LogP contribution in [-0.4, -0.2) is 50.1 Å². The zero-order valence-corrected chi connectivity index (χ0v) is 20.1. The molecule has 2 saturated carbocycles. The molecular formula is C25H50N2. The van der Waals surface area contributed by atoms with Crippen LogP contribution in [0.1, 0.15) is 92.4 Å². The van der Waals surface area contributed by atoms with Crippen molar-refractivity contribution in [3.05, 3.63) is 0 Å². The highest BCUT2D eigenvalue weighted by molar-refractivity contribution is 4.92. The first-order chi connectivity index (χ1) is 12.4. The van der Waals surface area contributed by atoms with E-state index in [1.165, 1.54) is 57.8 Å². The molecule has 0 heterocycles. The van der Waals surface area contributed by atoms with Gasteiger partial charge < -0.3 is 9.80 Å². The van der Waals surface area contributed by atoms with E-state index in [1.54, 1.807) is 0 Å². The molecule has 0 saturated heterocycles. The summed E-state index contributed by atoms with van der Waals surface area (Å²) in [6.45, 7) is 12.3. The summed E-state index contributed by atoms with van der Waals surface area (Å²) >= 11 is 0. The van der Waals surface area contributed by atoms with E-state index in [2.05, 4.69) is 72.6 Å². The Morgan fingerprint density at radius 1 is 0.741 bits per heavy atom. The van der Waals surface area contributed by atoms with Gasteiger partial charge in [0.2, 0.25) is 0 Å². The smallest absolute Gasteiger partial charge is 0.0120 e. The van der Waals surface area contributed by atoms with Gasteiger partial charge in [-0.25, -0.2) is 0 Å². The molecule has 3 unspecified atom stereocenters. The number of nitrogens with zero attached hydrogens (tertiary/aromatic N) is 2. The number of hydrogen-bond acceptors (Lipinski definition) is 2. The van der Waals surface area contributed by atoms with Crippen LogP contribution in [0, 0.1) is 28.6 Å². The molecule has 0 spiro atoms. The molecule has 0 aromatic rings. The molecule has 2 aliphatic rings. The van der Waals surface area contributed by atoms with Crippen LogP contribution in [0.2, 0.25) is 0 Å². The molecule has 0 N–H and O–H groups in total. The summed E-state index contributed by atoms with van der Waals surface area (Å²) in [4.78, 5) is 4.98. The second-order valence-corrected chi connectivity index (χ2v) is 12.6. The Morgan fingerprint density at radius 2 is 1.37 bits per heavy atom. The van der Waals surface area contributed by atoms with Crippen LogP contribution in [0.15, 0.2) is 0 Å². The molecule has 2 aliphatic carbocycles. The van der Waals surface area contributed by atoms with E-state index in [-0.39, 0.29) is 0 Å². The minimum absolute atomic E-state index is 0.472. The Kier molecular flexibility index (Phi) is 7.87. The minimum Gasteiger partial charge on any atom is -0.306 e. The van der Waals surface area contributed by atoms with E-state index in [0.717, 1.165) is 29.8 Å². The van der Waals surface area contributed by atoms with Crippen molar-refractivity contribution in [2.45, 2.75) is 104 Å². The van der Waals surface area contributed by atoms with Crippen molar-refractivity contribution in [3.8, 4) is 0 Å². The van der Waals surface area contributed by atoms with Crippen molar-refractivity contribution >= 4 is 0 Å². The van der Waals surface area contributed by atoms with Crippen LogP contribution in [-0.2, 0) is 0 Å². The third-order valence-electron chi connectivity index (χ3n) is 7.61.